The lowest BCUT2D eigenvalue weighted by Crippen LogP contribution is -2.28. The highest BCUT2D eigenvalue weighted by atomic mass is 32.2. The molecule has 0 atom stereocenters. The molecule has 0 aliphatic carbocycles. The number of nitrogens with one attached hydrogen (secondary N) is 2. The molecule has 0 aliphatic rings. The molecule has 0 fully saturated rings. The van der Waals surface area contributed by atoms with Crippen molar-refractivity contribution in [3.63, 3.8) is 0 Å². The van der Waals surface area contributed by atoms with Crippen LogP contribution in [0.25, 0.3) is 0 Å². The summed E-state index contributed by atoms with van der Waals surface area (Å²) in [5.74, 6) is 1.23. The molecule has 6 nitrogen and oxygen atoms in total. The maximum Gasteiger partial charge on any atom is 0.212 e. The summed E-state index contributed by atoms with van der Waals surface area (Å²) in [6, 6.07) is 0. The van der Waals surface area contributed by atoms with Gasteiger partial charge in [-0.2, -0.15) is 0 Å². The van der Waals surface area contributed by atoms with Gasteiger partial charge >= 0.3 is 0 Å². The number of sulfonamides is 1. The summed E-state index contributed by atoms with van der Waals surface area (Å²) in [5.41, 5.74) is 0.788. The molecule has 0 amide bonds. The van der Waals surface area contributed by atoms with Gasteiger partial charge in [0.15, 0.2) is 0 Å². The smallest absolute Gasteiger partial charge is 0.212 e. The summed E-state index contributed by atoms with van der Waals surface area (Å²) < 4.78 is 31.1. The predicted molar refractivity (Wildman–Crippen MR) is 69.8 cm³/mol. The van der Waals surface area contributed by atoms with E-state index in [1.54, 1.807) is 6.92 Å². The van der Waals surface area contributed by atoms with E-state index in [9.17, 15) is 8.42 Å². The molecule has 104 valence electrons. The molecule has 0 saturated heterocycles. The molecule has 0 spiro atoms. The van der Waals surface area contributed by atoms with Gasteiger partial charge in [0.2, 0.25) is 15.9 Å². The maximum atomic E-state index is 11.7. The number of rotatable bonds is 8. The van der Waals surface area contributed by atoms with E-state index >= 15 is 0 Å². The predicted octanol–water partition coefficient (Wildman–Crippen LogP) is 0.710. The highest BCUT2D eigenvalue weighted by molar-refractivity contribution is 7.89. The second kappa shape index (κ2) is 6.86. The third kappa shape index (κ3) is 5.16. The van der Waals surface area contributed by atoms with Gasteiger partial charge in [-0.15, -0.1) is 0 Å². The van der Waals surface area contributed by atoms with Crippen LogP contribution in [-0.4, -0.2) is 32.2 Å². The fraction of sp³-hybridized carbons (Fsp3) is 0.727. The lowest BCUT2D eigenvalue weighted by Gasteiger charge is -2.05. The Morgan fingerprint density at radius 2 is 2.06 bits per heavy atom. The molecule has 1 aromatic rings. The fourth-order valence-corrected chi connectivity index (χ4v) is 2.43. The minimum atomic E-state index is -3.25. The Balaban J connectivity index is 2.37. The number of oxazole rings is 1. The topological polar surface area (TPSA) is 84.2 Å². The molecule has 18 heavy (non-hydrogen) atoms. The number of hydrogen-bond acceptors (Lipinski definition) is 5. The molecular weight excluding hydrogens is 254 g/mol. The lowest BCUT2D eigenvalue weighted by molar-refractivity contribution is 0.462. The fourth-order valence-electron chi connectivity index (χ4n) is 1.42. The van der Waals surface area contributed by atoms with Gasteiger partial charge < -0.3 is 9.73 Å². The summed E-state index contributed by atoms with van der Waals surface area (Å²) in [4.78, 5) is 4.12. The minimum absolute atomic E-state index is 0.109. The van der Waals surface area contributed by atoms with Crippen LogP contribution in [0.4, 0.5) is 0 Å². The van der Waals surface area contributed by atoms with Crippen molar-refractivity contribution < 1.29 is 12.8 Å². The van der Waals surface area contributed by atoms with Crippen molar-refractivity contribution in [2.45, 2.75) is 33.7 Å². The van der Waals surface area contributed by atoms with Crippen molar-refractivity contribution in [2.75, 3.05) is 18.8 Å². The third-order valence-electron chi connectivity index (χ3n) is 2.53. The van der Waals surface area contributed by atoms with Crippen molar-refractivity contribution in [2.24, 2.45) is 0 Å². The van der Waals surface area contributed by atoms with E-state index in [4.69, 9.17) is 4.42 Å². The highest BCUT2D eigenvalue weighted by Crippen LogP contribution is 2.08. The van der Waals surface area contributed by atoms with Gasteiger partial charge in [0.05, 0.1) is 18.0 Å². The van der Waals surface area contributed by atoms with Crippen LogP contribution in [-0.2, 0) is 16.6 Å². The van der Waals surface area contributed by atoms with Gasteiger partial charge in [-0.3, -0.25) is 0 Å². The second-order valence-corrected chi connectivity index (χ2v) is 6.02. The first kappa shape index (κ1) is 15.1. The SMILES string of the molecule is CCNCCCS(=O)(=O)NCc1nc(C)c(C)o1. The molecule has 1 aromatic heterocycles. The quantitative estimate of drug-likeness (QED) is 0.683. The van der Waals surface area contributed by atoms with Crippen molar-refractivity contribution in [1.82, 2.24) is 15.0 Å². The Morgan fingerprint density at radius 3 is 2.61 bits per heavy atom. The molecule has 7 heteroatoms. The van der Waals surface area contributed by atoms with Crippen molar-refractivity contribution >= 4 is 10.0 Å². The standard InChI is InChI=1S/C11H21N3O3S/c1-4-12-6-5-7-18(15,16)13-8-11-14-9(2)10(3)17-11/h12-13H,4-8H2,1-3H3. The van der Waals surface area contributed by atoms with Gasteiger partial charge in [-0.1, -0.05) is 6.92 Å². The molecular formula is C11H21N3O3S. The zero-order valence-electron chi connectivity index (χ0n) is 11.1. The Labute approximate surface area is 108 Å². The number of aryl methyl sites for hydroxylation is 2. The van der Waals surface area contributed by atoms with E-state index in [0.29, 0.717) is 18.9 Å². The van der Waals surface area contributed by atoms with Gasteiger partial charge in [0, 0.05) is 0 Å². The zero-order chi connectivity index (χ0) is 13.6. The molecule has 0 bridgehead atoms. The zero-order valence-corrected chi connectivity index (χ0v) is 11.9. The van der Waals surface area contributed by atoms with E-state index in [2.05, 4.69) is 15.0 Å². The summed E-state index contributed by atoms with van der Waals surface area (Å²) in [5, 5.41) is 3.08. The van der Waals surface area contributed by atoms with Crippen LogP contribution in [0.3, 0.4) is 0 Å². The molecule has 0 saturated carbocycles. The van der Waals surface area contributed by atoms with Crippen molar-refractivity contribution in [1.29, 1.82) is 0 Å². The molecule has 2 N–H and O–H groups in total. The Morgan fingerprint density at radius 1 is 1.33 bits per heavy atom. The summed E-state index contributed by atoms with van der Waals surface area (Å²) in [6.07, 6.45) is 0.590. The van der Waals surface area contributed by atoms with Crippen LogP contribution in [0.5, 0.6) is 0 Å². The van der Waals surface area contributed by atoms with Gasteiger partial charge in [0.25, 0.3) is 0 Å². The van der Waals surface area contributed by atoms with Crippen LogP contribution in [0.15, 0.2) is 4.42 Å². The molecule has 0 aromatic carbocycles. The highest BCUT2D eigenvalue weighted by Gasteiger charge is 2.12. The number of hydrogen-bond donors (Lipinski definition) is 2. The van der Waals surface area contributed by atoms with Crippen LogP contribution in [0, 0.1) is 13.8 Å². The first-order chi connectivity index (χ1) is 8.44. The number of nitrogens with zero attached hydrogens (tertiary/aromatic N) is 1. The lowest BCUT2D eigenvalue weighted by atomic mass is 10.4. The van der Waals surface area contributed by atoms with E-state index < -0.39 is 10.0 Å². The minimum Gasteiger partial charge on any atom is -0.444 e. The van der Waals surface area contributed by atoms with E-state index in [0.717, 1.165) is 18.0 Å². The molecule has 1 heterocycles. The molecule has 0 aliphatic heterocycles. The normalized spacial score (nSPS) is 11.9. The molecule has 0 unspecified atom stereocenters. The van der Waals surface area contributed by atoms with Crippen LogP contribution >= 0.6 is 0 Å². The first-order valence-electron chi connectivity index (χ1n) is 6.05. The summed E-state index contributed by atoms with van der Waals surface area (Å²) >= 11 is 0. The van der Waals surface area contributed by atoms with Crippen molar-refractivity contribution in [3.8, 4) is 0 Å². The second-order valence-electron chi connectivity index (χ2n) is 4.10. The van der Waals surface area contributed by atoms with Crippen LogP contribution in [0.1, 0.15) is 30.7 Å². The maximum absolute atomic E-state index is 11.7. The largest absolute Gasteiger partial charge is 0.444 e. The number of aromatic nitrogens is 1. The Hall–Kier alpha value is -0.920. The van der Waals surface area contributed by atoms with Gasteiger partial charge in [-0.25, -0.2) is 18.1 Å². The average Bonchev–Trinajstić information content (AvgIpc) is 2.62. The first-order valence-corrected chi connectivity index (χ1v) is 7.71. The van der Waals surface area contributed by atoms with Gasteiger partial charge in [0.1, 0.15) is 5.76 Å². The average molecular weight is 275 g/mol. The van der Waals surface area contributed by atoms with Gasteiger partial charge in [-0.05, 0) is 33.4 Å². The van der Waals surface area contributed by atoms with E-state index in [-0.39, 0.29) is 12.3 Å². The summed E-state index contributed by atoms with van der Waals surface area (Å²) in [6.45, 7) is 7.28. The molecule has 1 rings (SSSR count). The van der Waals surface area contributed by atoms with Crippen LogP contribution in [0.2, 0.25) is 0 Å². The Kier molecular flexibility index (Phi) is 5.77. The van der Waals surface area contributed by atoms with E-state index in [1.807, 2.05) is 13.8 Å². The van der Waals surface area contributed by atoms with Crippen LogP contribution < -0.4 is 10.0 Å². The summed E-state index contributed by atoms with van der Waals surface area (Å²) in [7, 11) is -3.25. The monoisotopic (exact) mass is 275 g/mol. The van der Waals surface area contributed by atoms with E-state index in [1.165, 1.54) is 0 Å². The Bertz CT molecular complexity index is 448. The third-order valence-corrected chi connectivity index (χ3v) is 3.94. The molecule has 0 radical (unpaired) electrons. The van der Waals surface area contributed by atoms with Crippen molar-refractivity contribution in [3.05, 3.63) is 17.3 Å².